The number of amides is 1. The van der Waals surface area contributed by atoms with Gasteiger partial charge in [-0.05, 0) is 31.5 Å². The minimum absolute atomic E-state index is 0.00420. The third-order valence-electron chi connectivity index (χ3n) is 5.78. The monoisotopic (exact) mass is 439 g/mol. The van der Waals surface area contributed by atoms with Crippen molar-refractivity contribution in [3.8, 4) is 0 Å². The molecule has 1 aliphatic rings. The zero-order valence-electron chi connectivity index (χ0n) is 19.6. The molecule has 2 heterocycles. The molecule has 1 aromatic carbocycles. The van der Waals surface area contributed by atoms with Crippen molar-refractivity contribution in [3.63, 3.8) is 0 Å². The third kappa shape index (κ3) is 5.82. The van der Waals surface area contributed by atoms with Crippen LogP contribution in [-0.2, 0) is 16.1 Å². The second-order valence-electron chi connectivity index (χ2n) is 8.49. The van der Waals surface area contributed by atoms with Gasteiger partial charge in [-0.15, -0.1) is 0 Å². The molecule has 0 radical (unpaired) electrons. The predicted molar refractivity (Wildman–Crippen MR) is 124 cm³/mol. The Labute approximate surface area is 190 Å². The van der Waals surface area contributed by atoms with Gasteiger partial charge in [0.25, 0.3) is 0 Å². The van der Waals surface area contributed by atoms with E-state index < -0.39 is 0 Å². The summed E-state index contributed by atoms with van der Waals surface area (Å²) in [5.41, 5.74) is 2.41. The van der Waals surface area contributed by atoms with Gasteiger partial charge in [-0.25, -0.2) is 14.8 Å². The van der Waals surface area contributed by atoms with Crippen molar-refractivity contribution in [1.29, 1.82) is 0 Å². The van der Waals surface area contributed by atoms with E-state index in [1.54, 1.807) is 12.1 Å². The van der Waals surface area contributed by atoms with E-state index in [9.17, 15) is 9.59 Å². The molecule has 8 nitrogen and oxygen atoms in total. The molecule has 0 saturated carbocycles. The summed E-state index contributed by atoms with van der Waals surface area (Å²) in [6.07, 6.45) is 0. The molecule has 0 aliphatic carbocycles. The Morgan fingerprint density at radius 2 is 1.72 bits per heavy atom. The summed E-state index contributed by atoms with van der Waals surface area (Å²) in [6.45, 7) is 11.8. The topological polar surface area (TPSA) is 87.7 Å². The van der Waals surface area contributed by atoms with Crippen molar-refractivity contribution in [2.24, 2.45) is 0 Å². The van der Waals surface area contributed by atoms with Crippen LogP contribution in [0, 0.1) is 6.92 Å². The lowest BCUT2D eigenvalue weighted by Crippen LogP contribution is -2.54. The predicted octanol–water partition coefficient (Wildman–Crippen LogP) is 2.52. The zero-order chi connectivity index (χ0) is 23.3. The number of piperazine rings is 1. The Balaban J connectivity index is 1.51. The summed E-state index contributed by atoms with van der Waals surface area (Å²) in [4.78, 5) is 38.0. The number of anilines is 1. The Kier molecular flexibility index (Phi) is 7.80. The first-order valence-corrected chi connectivity index (χ1v) is 11.1. The summed E-state index contributed by atoms with van der Waals surface area (Å²) >= 11 is 0. The largest absolute Gasteiger partial charge is 0.465 e. The van der Waals surface area contributed by atoms with Gasteiger partial charge in [-0.1, -0.05) is 26.0 Å². The van der Waals surface area contributed by atoms with Crippen molar-refractivity contribution >= 4 is 17.7 Å². The number of carbonyl (C=O) groups excluding carboxylic acids is 2. The molecule has 32 heavy (non-hydrogen) atoms. The van der Waals surface area contributed by atoms with E-state index in [4.69, 9.17) is 9.72 Å². The average molecular weight is 440 g/mol. The highest BCUT2D eigenvalue weighted by Crippen LogP contribution is 2.19. The molecule has 172 valence electrons. The molecule has 1 saturated heterocycles. The highest BCUT2D eigenvalue weighted by molar-refractivity contribution is 5.89. The van der Waals surface area contributed by atoms with Crippen molar-refractivity contribution in [1.82, 2.24) is 20.2 Å². The van der Waals surface area contributed by atoms with Crippen LogP contribution in [0.5, 0.6) is 0 Å². The molecule has 1 unspecified atom stereocenters. The normalized spacial score (nSPS) is 15.5. The maximum absolute atomic E-state index is 12.7. The van der Waals surface area contributed by atoms with Gasteiger partial charge in [0.2, 0.25) is 5.91 Å². The van der Waals surface area contributed by atoms with Crippen LogP contribution < -0.4 is 10.2 Å². The fourth-order valence-electron chi connectivity index (χ4n) is 3.71. The van der Waals surface area contributed by atoms with E-state index in [-0.39, 0.29) is 23.8 Å². The number of aromatic nitrogens is 2. The van der Waals surface area contributed by atoms with E-state index in [0.29, 0.717) is 12.1 Å². The quantitative estimate of drug-likeness (QED) is 0.663. The molecule has 1 aliphatic heterocycles. The van der Waals surface area contributed by atoms with Crippen molar-refractivity contribution in [3.05, 3.63) is 53.0 Å². The van der Waals surface area contributed by atoms with Gasteiger partial charge in [0, 0.05) is 50.4 Å². The standard InChI is InChI=1S/C24H33N5O3/c1-16(2)22-26-17(3)14-21(27-22)29-12-10-28(11-13-29)18(4)23(30)25-15-19-6-8-20(9-7-19)24(31)32-5/h6-9,14,16,18H,10-13,15H2,1-5H3,(H,25,30). The first-order valence-electron chi connectivity index (χ1n) is 11.1. The van der Waals surface area contributed by atoms with Crippen molar-refractivity contribution in [2.45, 2.75) is 46.2 Å². The summed E-state index contributed by atoms with van der Waals surface area (Å²) in [5, 5.41) is 3.00. The maximum atomic E-state index is 12.7. The molecular weight excluding hydrogens is 406 g/mol. The van der Waals surface area contributed by atoms with Gasteiger partial charge in [0.15, 0.2) is 0 Å². The van der Waals surface area contributed by atoms with Gasteiger partial charge >= 0.3 is 5.97 Å². The highest BCUT2D eigenvalue weighted by atomic mass is 16.5. The van der Waals surface area contributed by atoms with E-state index in [0.717, 1.165) is 49.1 Å². The molecule has 2 aromatic rings. The zero-order valence-corrected chi connectivity index (χ0v) is 19.6. The summed E-state index contributed by atoms with van der Waals surface area (Å²) in [6, 6.07) is 8.87. The van der Waals surface area contributed by atoms with Crippen LogP contribution in [-0.4, -0.2) is 66.1 Å². The maximum Gasteiger partial charge on any atom is 0.337 e. The number of methoxy groups -OCH3 is 1. The highest BCUT2D eigenvalue weighted by Gasteiger charge is 2.26. The minimum Gasteiger partial charge on any atom is -0.465 e. The number of aryl methyl sites for hydroxylation is 1. The fraction of sp³-hybridized carbons (Fsp3) is 0.500. The van der Waals surface area contributed by atoms with Gasteiger partial charge in [0.1, 0.15) is 11.6 Å². The first-order chi connectivity index (χ1) is 15.3. The molecule has 1 fully saturated rings. The van der Waals surface area contributed by atoms with E-state index in [2.05, 4.69) is 33.9 Å². The Morgan fingerprint density at radius 1 is 1.06 bits per heavy atom. The Bertz CT molecular complexity index is 937. The number of hydrogen-bond donors (Lipinski definition) is 1. The van der Waals surface area contributed by atoms with E-state index >= 15 is 0 Å². The number of carbonyl (C=O) groups is 2. The van der Waals surface area contributed by atoms with Gasteiger partial charge in [0.05, 0.1) is 18.7 Å². The van der Waals surface area contributed by atoms with Gasteiger partial charge < -0.3 is 15.0 Å². The number of nitrogens with one attached hydrogen (secondary N) is 1. The summed E-state index contributed by atoms with van der Waals surface area (Å²) in [5.74, 6) is 1.75. The fourth-order valence-corrected chi connectivity index (χ4v) is 3.71. The van der Waals surface area contributed by atoms with Crippen LogP contribution in [0.1, 0.15) is 54.1 Å². The number of ether oxygens (including phenoxy) is 1. The van der Waals surface area contributed by atoms with Gasteiger partial charge in [-0.2, -0.15) is 0 Å². The second kappa shape index (κ2) is 10.5. The van der Waals surface area contributed by atoms with E-state index in [1.807, 2.05) is 32.0 Å². The van der Waals surface area contributed by atoms with Crippen LogP contribution in [0.2, 0.25) is 0 Å². The lowest BCUT2D eigenvalue weighted by molar-refractivity contribution is -0.126. The SMILES string of the molecule is COC(=O)c1ccc(CNC(=O)C(C)N2CCN(c3cc(C)nc(C(C)C)n3)CC2)cc1. The summed E-state index contributed by atoms with van der Waals surface area (Å²) < 4.78 is 4.71. The van der Waals surface area contributed by atoms with Crippen LogP contribution in [0.3, 0.4) is 0 Å². The van der Waals surface area contributed by atoms with Crippen LogP contribution in [0.4, 0.5) is 5.82 Å². The average Bonchev–Trinajstić information content (AvgIpc) is 2.81. The number of hydrogen-bond acceptors (Lipinski definition) is 7. The Morgan fingerprint density at radius 3 is 2.31 bits per heavy atom. The first kappa shape index (κ1) is 23.7. The van der Waals surface area contributed by atoms with Gasteiger partial charge in [-0.3, -0.25) is 9.69 Å². The minimum atomic E-state index is -0.370. The molecule has 1 N–H and O–H groups in total. The molecule has 8 heteroatoms. The molecule has 0 spiro atoms. The molecule has 3 rings (SSSR count). The molecule has 0 bridgehead atoms. The molecule has 1 aromatic heterocycles. The second-order valence-corrected chi connectivity index (χ2v) is 8.49. The molecule has 1 amide bonds. The van der Waals surface area contributed by atoms with Crippen molar-refractivity contribution in [2.75, 3.05) is 38.2 Å². The smallest absolute Gasteiger partial charge is 0.337 e. The van der Waals surface area contributed by atoms with Crippen LogP contribution >= 0.6 is 0 Å². The Hall–Kier alpha value is -3.00. The number of nitrogens with zero attached hydrogens (tertiary/aromatic N) is 4. The lowest BCUT2D eigenvalue weighted by Gasteiger charge is -2.38. The molecular formula is C24H33N5O3. The number of benzene rings is 1. The van der Waals surface area contributed by atoms with Crippen LogP contribution in [0.15, 0.2) is 30.3 Å². The number of rotatable bonds is 7. The number of esters is 1. The van der Waals surface area contributed by atoms with Crippen molar-refractivity contribution < 1.29 is 14.3 Å². The summed E-state index contributed by atoms with van der Waals surface area (Å²) in [7, 11) is 1.36. The van der Waals surface area contributed by atoms with Crippen LogP contribution in [0.25, 0.3) is 0 Å². The lowest BCUT2D eigenvalue weighted by atomic mass is 10.1. The third-order valence-corrected chi connectivity index (χ3v) is 5.78. The van der Waals surface area contributed by atoms with E-state index in [1.165, 1.54) is 7.11 Å². The molecule has 1 atom stereocenters.